The van der Waals surface area contributed by atoms with Crippen LogP contribution in [0.5, 0.6) is 0 Å². The predicted octanol–water partition coefficient (Wildman–Crippen LogP) is 1.17. The van der Waals surface area contributed by atoms with Crippen LogP contribution in [0.2, 0.25) is 0 Å². The molecule has 0 aliphatic carbocycles. The van der Waals surface area contributed by atoms with Crippen molar-refractivity contribution in [2.24, 2.45) is 0 Å². The first-order valence-electron chi connectivity index (χ1n) is 5.26. The molecule has 1 aromatic rings. The third-order valence-electron chi connectivity index (χ3n) is 2.32. The van der Waals surface area contributed by atoms with E-state index in [0.717, 1.165) is 6.42 Å². The first-order valence-corrected chi connectivity index (χ1v) is 5.26. The Bertz CT molecular complexity index is 251. The maximum atomic E-state index is 8.79. The van der Waals surface area contributed by atoms with Crippen molar-refractivity contribution in [3.05, 3.63) is 35.9 Å². The molecule has 2 N–H and O–H groups in total. The van der Waals surface area contributed by atoms with Crippen LogP contribution in [0, 0.1) is 0 Å². The Morgan fingerprint density at radius 1 is 1.33 bits per heavy atom. The van der Waals surface area contributed by atoms with E-state index in [9.17, 15) is 0 Å². The van der Waals surface area contributed by atoms with Gasteiger partial charge in [-0.1, -0.05) is 30.3 Å². The van der Waals surface area contributed by atoms with Gasteiger partial charge in [0.2, 0.25) is 0 Å². The van der Waals surface area contributed by atoms with Gasteiger partial charge in [0.15, 0.2) is 0 Å². The lowest BCUT2D eigenvalue weighted by molar-refractivity contribution is 0.0923. The summed E-state index contributed by atoms with van der Waals surface area (Å²) in [6.07, 6.45) is 0.727. The highest BCUT2D eigenvalue weighted by Gasteiger charge is 2.04. The fourth-order valence-electron chi connectivity index (χ4n) is 1.36. The normalized spacial score (nSPS) is 12.7. The van der Waals surface area contributed by atoms with E-state index in [4.69, 9.17) is 9.84 Å². The number of rotatable bonds is 7. The Balaban J connectivity index is 2.20. The zero-order valence-electron chi connectivity index (χ0n) is 9.15. The van der Waals surface area contributed by atoms with E-state index in [-0.39, 0.29) is 12.6 Å². The van der Waals surface area contributed by atoms with Gasteiger partial charge in [0, 0.05) is 12.6 Å². The second-order valence-electron chi connectivity index (χ2n) is 3.50. The quantitative estimate of drug-likeness (QED) is 0.708. The van der Waals surface area contributed by atoms with E-state index >= 15 is 0 Å². The van der Waals surface area contributed by atoms with Crippen molar-refractivity contribution in [3.8, 4) is 0 Å². The minimum atomic E-state index is 0.195. The Morgan fingerprint density at radius 2 is 2.07 bits per heavy atom. The number of aliphatic hydroxyl groups excluding tert-OH is 1. The van der Waals surface area contributed by atoms with Crippen LogP contribution in [-0.2, 0) is 11.3 Å². The second-order valence-corrected chi connectivity index (χ2v) is 3.50. The lowest BCUT2D eigenvalue weighted by atomic mass is 10.2. The van der Waals surface area contributed by atoms with Gasteiger partial charge in [-0.2, -0.15) is 0 Å². The van der Waals surface area contributed by atoms with Crippen LogP contribution in [0.3, 0.4) is 0 Å². The van der Waals surface area contributed by atoms with Gasteiger partial charge in [-0.15, -0.1) is 0 Å². The highest BCUT2D eigenvalue weighted by atomic mass is 16.5. The minimum absolute atomic E-state index is 0.195. The lowest BCUT2D eigenvalue weighted by Gasteiger charge is -2.14. The summed E-state index contributed by atoms with van der Waals surface area (Å²) in [6, 6.07) is 10.3. The van der Waals surface area contributed by atoms with Crippen LogP contribution in [0.1, 0.15) is 12.0 Å². The molecule has 0 spiro atoms. The number of likely N-dealkylation sites (N-methyl/N-ethyl adjacent to an activating group) is 1. The number of hydrogen-bond acceptors (Lipinski definition) is 3. The van der Waals surface area contributed by atoms with Gasteiger partial charge in [-0.3, -0.25) is 0 Å². The molecule has 0 aliphatic rings. The minimum Gasteiger partial charge on any atom is -0.396 e. The molecule has 15 heavy (non-hydrogen) atoms. The van der Waals surface area contributed by atoms with Crippen LogP contribution in [0.4, 0.5) is 0 Å². The molecule has 0 fully saturated rings. The fraction of sp³-hybridized carbons (Fsp3) is 0.500. The molecule has 0 heterocycles. The van der Waals surface area contributed by atoms with Crippen molar-refractivity contribution in [1.82, 2.24) is 5.32 Å². The van der Waals surface area contributed by atoms with Gasteiger partial charge in [0.25, 0.3) is 0 Å². The van der Waals surface area contributed by atoms with Crippen molar-refractivity contribution < 1.29 is 9.84 Å². The number of nitrogens with one attached hydrogen (secondary N) is 1. The molecular weight excluding hydrogens is 190 g/mol. The van der Waals surface area contributed by atoms with Crippen LogP contribution in [0.25, 0.3) is 0 Å². The average molecular weight is 209 g/mol. The molecule has 3 nitrogen and oxygen atoms in total. The molecule has 1 rings (SSSR count). The van der Waals surface area contributed by atoms with Crippen molar-refractivity contribution >= 4 is 0 Å². The summed E-state index contributed by atoms with van der Waals surface area (Å²) in [6.45, 7) is 1.45. The molecule has 1 atom stereocenters. The summed E-state index contributed by atoms with van der Waals surface area (Å²) >= 11 is 0. The number of aliphatic hydroxyl groups is 1. The number of benzene rings is 1. The van der Waals surface area contributed by atoms with E-state index in [0.29, 0.717) is 13.2 Å². The van der Waals surface area contributed by atoms with Crippen LogP contribution in [-0.4, -0.2) is 31.4 Å². The van der Waals surface area contributed by atoms with Crippen molar-refractivity contribution in [2.45, 2.75) is 19.1 Å². The van der Waals surface area contributed by atoms with Gasteiger partial charge in [0.05, 0.1) is 13.2 Å². The molecule has 0 amide bonds. The Kier molecular flexibility index (Phi) is 6.00. The van der Waals surface area contributed by atoms with Crippen molar-refractivity contribution in [2.75, 3.05) is 20.3 Å². The van der Waals surface area contributed by atoms with E-state index in [1.165, 1.54) is 5.56 Å². The van der Waals surface area contributed by atoms with Crippen LogP contribution < -0.4 is 5.32 Å². The molecule has 0 bridgehead atoms. The Morgan fingerprint density at radius 3 is 2.67 bits per heavy atom. The van der Waals surface area contributed by atoms with Crippen LogP contribution >= 0.6 is 0 Å². The average Bonchev–Trinajstić information content (AvgIpc) is 2.29. The monoisotopic (exact) mass is 209 g/mol. The standard InChI is InChI=1S/C12H19NO2/c1-13-12(7-8-14)10-15-9-11-5-3-2-4-6-11/h2-6,12-14H,7-10H2,1H3. The number of ether oxygens (including phenoxy) is 1. The lowest BCUT2D eigenvalue weighted by Crippen LogP contribution is -2.31. The van der Waals surface area contributed by atoms with E-state index < -0.39 is 0 Å². The summed E-state index contributed by atoms with van der Waals surface area (Å²) in [5, 5.41) is 11.9. The summed E-state index contributed by atoms with van der Waals surface area (Å²) in [4.78, 5) is 0. The first-order chi connectivity index (χ1) is 7.36. The summed E-state index contributed by atoms with van der Waals surface area (Å²) in [5.74, 6) is 0. The topological polar surface area (TPSA) is 41.5 Å². The maximum Gasteiger partial charge on any atom is 0.0717 e. The van der Waals surface area contributed by atoms with Gasteiger partial charge in [-0.25, -0.2) is 0 Å². The Labute approximate surface area is 91.1 Å². The third-order valence-corrected chi connectivity index (χ3v) is 2.32. The molecule has 3 heteroatoms. The van der Waals surface area contributed by atoms with Gasteiger partial charge < -0.3 is 15.2 Å². The highest BCUT2D eigenvalue weighted by Crippen LogP contribution is 2.01. The Hall–Kier alpha value is -0.900. The molecule has 1 unspecified atom stereocenters. The van der Waals surface area contributed by atoms with Gasteiger partial charge >= 0.3 is 0 Å². The number of hydrogen-bond donors (Lipinski definition) is 2. The van der Waals surface area contributed by atoms with Crippen LogP contribution in [0.15, 0.2) is 30.3 Å². The third kappa shape index (κ3) is 4.93. The van der Waals surface area contributed by atoms with Gasteiger partial charge in [-0.05, 0) is 19.0 Å². The zero-order valence-corrected chi connectivity index (χ0v) is 9.15. The highest BCUT2D eigenvalue weighted by molar-refractivity contribution is 5.13. The second kappa shape index (κ2) is 7.40. The molecule has 0 aromatic heterocycles. The maximum absolute atomic E-state index is 8.79. The SMILES string of the molecule is CNC(CCO)COCc1ccccc1. The molecule has 0 aliphatic heterocycles. The largest absolute Gasteiger partial charge is 0.396 e. The van der Waals surface area contributed by atoms with Crippen molar-refractivity contribution in [1.29, 1.82) is 0 Å². The molecule has 1 aromatic carbocycles. The molecule has 0 saturated heterocycles. The summed E-state index contributed by atoms with van der Waals surface area (Å²) in [5.41, 5.74) is 1.18. The van der Waals surface area contributed by atoms with E-state index in [1.807, 2.05) is 37.4 Å². The van der Waals surface area contributed by atoms with E-state index in [2.05, 4.69) is 5.32 Å². The van der Waals surface area contributed by atoms with Gasteiger partial charge in [0.1, 0.15) is 0 Å². The van der Waals surface area contributed by atoms with Crippen molar-refractivity contribution in [3.63, 3.8) is 0 Å². The fourth-order valence-corrected chi connectivity index (χ4v) is 1.36. The molecule has 0 radical (unpaired) electrons. The smallest absolute Gasteiger partial charge is 0.0717 e. The summed E-state index contributed by atoms with van der Waals surface area (Å²) in [7, 11) is 1.88. The predicted molar refractivity (Wildman–Crippen MR) is 60.6 cm³/mol. The van der Waals surface area contributed by atoms with E-state index in [1.54, 1.807) is 0 Å². The molecule has 0 saturated carbocycles. The zero-order chi connectivity index (χ0) is 10.9. The summed E-state index contributed by atoms with van der Waals surface area (Å²) < 4.78 is 5.55. The first kappa shape index (κ1) is 12.2. The molecule has 84 valence electrons. The molecular formula is C12H19NO2.